The van der Waals surface area contributed by atoms with E-state index in [2.05, 4.69) is 0 Å². The molecule has 0 fully saturated rings. The number of carbonyl (C=O) groups excluding carboxylic acids is 1. The van der Waals surface area contributed by atoms with Gasteiger partial charge in [0.15, 0.2) is 0 Å². The van der Waals surface area contributed by atoms with Crippen LogP contribution in [0.4, 0.5) is 0 Å². The van der Waals surface area contributed by atoms with E-state index in [1.54, 1.807) is 33.3 Å². The molecule has 0 heterocycles. The van der Waals surface area contributed by atoms with Gasteiger partial charge in [0.25, 0.3) is 0 Å². The zero-order chi connectivity index (χ0) is 12.8. The highest BCUT2D eigenvalue weighted by Crippen LogP contribution is 2.31. The predicted molar refractivity (Wildman–Crippen MR) is 64.9 cm³/mol. The van der Waals surface area contributed by atoms with Crippen LogP contribution in [0.3, 0.4) is 0 Å². The third-order valence-electron chi connectivity index (χ3n) is 2.47. The number of carbonyl (C=O) groups is 1. The number of hydrogen-bond acceptors (Lipinski definition) is 4. The largest absolute Gasteiger partial charge is 0.496 e. The van der Waals surface area contributed by atoms with E-state index in [0.717, 1.165) is 12.0 Å². The van der Waals surface area contributed by atoms with Gasteiger partial charge < -0.3 is 14.2 Å². The first-order valence-electron chi connectivity index (χ1n) is 5.59. The smallest absolute Gasteiger partial charge is 0.338 e. The summed E-state index contributed by atoms with van der Waals surface area (Å²) in [5, 5.41) is 0. The molecule has 0 spiro atoms. The van der Waals surface area contributed by atoms with Gasteiger partial charge in [0.05, 0.1) is 26.4 Å². The Labute approximate surface area is 101 Å². The van der Waals surface area contributed by atoms with E-state index in [9.17, 15) is 4.79 Å². The fourth-order valence-corrected chi connectivity index (χ4v) is 1.66. The average Bonchev–Trinajstić information content (AvgIpc) is 2.37. The Morgan fingerprint density at radius 2 is 1.65 bits per heavy atom. The molecular weight excluding hydrogens is 220 g/mol. The van der Waals surface area contributed by atoms with E-state index >= 15 is 0 Å². The molecule has 0 N–H and O–H groups in total. The van der Waals surface area contributed by atoms with Crippen molar-refractivity contribution in [3.8, 4) is 11.5 Å². The van der Waals surface area contributed by atoms with Crippen molar-refractivity contribution in [2.45, 2.75) is 20.3 Å². The van der Waals surface area contributed by atoms with Crippen molar-refractivity contribution in [1.82, 2.24) is 0 Å². The second-order valence-electron chi connectivity index (χ2n) is 3.43. The molecule has 1 aromatic rings. The van der Waals surface area contributed by atoms with Crippen LogP contribution in [0, 0.1) is 0 Å². The van der Waals surface area contributed by atoms with Gasteiger partial charge in [-0.3, -0.25) is 0 Å². The molecule has 0 aliphatic carbocycles. The molecule has 0 amide bonds. The molecule has 0 bridgehead atoms. The summed E-state index contributed by atoms with van der Waals surface area (Å²) in [5.41, 5.74) is 1.39. The van der Waals surface area contributed by atoms with Gasteiger partial charge in [-0.05, 0) is 25.5 Å². The minimum Gasteiger partial charge on any atom is -0.496 e. The number of hydrogen-bond donors (Lipinski definition) is 0. The van der Waals surface area contributed by atoms with Gasteiger partial charge in [-0.1, -0.05) is 6.92 Å². The van der Waals surface area contributed by atoms with Gasteiger partial charge in [-0.25, -0.2) is 4.79 Å². The molecule has 4 heteroatoms. The van der Waals surface area contributed by atoms with Gasteiger partial charge in [0.2, 0.25) is 0 Å². The Morgan fingerprint density at radius 3 is 2.00 bits per heavy atom. The Balaban J connectivity index is 3.22. The zero-order valence-electron chi connectivity index (χ0n) is 10.7. The van der Waals surface area contributed by atoms with E-state index in [-0.39, 0.29) is 5.97 Å². The molecule has 0 saturated carbocycles. The first-order chi connectivity index (χ1) is 8.17. The van der Waals surface area contributed by atoms with E-state index in [4.69, 9.17) is 14.2 Å². The van der Waals surface area contributed by atoms with Crippen molar-refractivity contribution >= 4 is 5.97 Å². The first kappa shape index (κ1) is 13.4. The van der Waals surface area contributed by atoms with Crippen LogP contribution in [0.2, 0.25) is 0 Å². The average molecular weight is 238 g/mol. The Hall–Kier alpha value is -1.71. The van der Waals surface area contributed by atoms with Crippen LogP contribution in [-0.4, -0.2) is 26.8 Å². The maximum Gasteiger partial charge on any atom is 0.338 e. The summed E-state index contributed by atoms with van der Waals surface area (Å²) >= 11 is 0. The first-order valence-corrected chi connectivity index (χ1v) is 5.59. The van der Waals surface area contributed by atoms with Crippen molar-refractivity contribution in [2.24, 2.45) is 0 Å². The second kappa shape index (κ2) is 6.13. The number of esters is 1. The topological polar surface area (TPSA) is 44.8 Å². The monoisotopic (exact) mass is 238 g/mol. The molecule has 94 valence electrons. The normalized spacial score (nSPS) is 9.88. The number of methoxy groups -OCH3 is 2. The molecule has 4 nitrogen and oxygen atoms in total. The zero-order valence-corrected chi connectivity index (χ0v) is 10.7. The summed E-state index contributed by atoms with van der Waals surface area (Å²) in [5.74, 6) is 0.927. The van der Waals surface area contributed by atoms with Crippen molar-refractivity contribution in [1.29, 1.82) is 0 Å². The fraction of sp³-hybridized carbons (Fsp3) is 0.462. The summed E-state index contributed by atoms with van der Waals surface area (Å²) in [6, 6.07) is 3.36. The third-order valence-corrected chi connectivity index (χ3v) is 2.47. The number of ether oxygens (including phenoxy) is 3. The lowest BCUT2D eigenvalue weighted by molar-refractivity contribution is 0.0525. The van der Waals surface area contributed by atoms with Crippen LogP contribution in [0.5, 0.6) is 11.5 Å². The molecule has 17 heavy (non-hydrogen) atoms. The molecule has 0 aliphatic heterocycles. The standard InChI is InChI=1S/C13H18O4/c1-5-10-11(15-3)7-9(8-12(10)16-4)13(14)17-6-2/h7-8H,5-6H2,1-4H3. The minimum absolute atomic E-state index is 0.346. The molecular formula is C13H18O4. The molecule has 0 aliphatic rings. The van der Waals surface area contributed by atoms with Crippen molar-refractivity contribution in [2.75, 3.05) is 20.8 Å². The summed E-state index contributed by atoms with van der Waals surface area (Å²) in [7, 11) is 3.14. The van der Waals surface area contributed by atoms with Crippen LogP contribution in [0.25, 0.3) is 0 Å². The number of benzene rings is 1. The Bertz CT molecular complexity index is 373. The van der Waals surface area contributed by atoms with Crippen LogP contribution >= 0.6 is 0 Å². The van der Waals surface area contributed by atoms with E-state index < -0.39 is 0 Å². The third kappa shape index (κ3) is 2.90. The van der Waals surface area contributed by atoms with Crippen molar-refractivity contribution < 1.29 is 19.0 Å². The summed E-state index contributed by atoms with van der Waals surface area (Å²) < 4.78 is 15.5. The molecule has 1 rings (SSSR count). The highest BCUT2D eigenvalue weighted by Gasteiger charge is 2.15. The van der Waals surface area contributed by atoms with E-state index in [1.807, 2.05) is 6.92 Å². The van der Waals surface area contributed by atoms with Crippen LogP contribution in [-0.2, 0) is 11.2 Å². The van der Waals surface area contributed by atoms with Crippen molar-refractivity contribution in [3.63, 3.8) is 0 Å². The summed E-state index contributed by atoms with van der Waals surface area (Å²) in [6.07, 6.45) is 0.773. The Kier molecular flexibility index (Phi) is 4.82. The minimum atomic E-state index is -0.369. The van der Waals surface area contributed by atoms with Crippen molar-refractivity contribution in [3.05, 3.63) is 23.3 Å². The second-order valence-corrected chi connectivity index (χ2v) is 3.43. The van der Waals surface area contributed by atoms with Gasteiger partial charge in [-0.15, -0.1) is 0 Å². The maximum absolute atomic E-state index is 11.6. The van der Waals surface area contributed by atoms with Crippen LogP contribution < -0.4 is 9.47 Å². The van der Waals surface area contributed by atoms with E-state index in [1.165, 1.54) is 0 Å². The number of rotatable bonds is 5. The van der Waals surface area contributed by atoms with Crippen LogP contribution in [0.1, 0.15) is 29.8 Å². The van der Waals surface area contributed by atoms with Gasteiger partial charge in [0, 0.05) is 5.56 Å². The molecule has 1 aromatic carbocycles. The fourth-order valence-electron chi connectivity index (χ4n) is 1.66. The lowest BCUT2D eigenvalue weighted by Gasteiger charge is -2.13. The highest BCUT2D eigenvalue weighted by molar-refractivity contribution is 5.90. The lowest BCUT2D eigenvalue weighted by atomic mass is 10.1. The van der Waals surface area contributed by atoms with Gasteiger partial charge in [-0.2, -0.15) is 0 Å². The van der Waals surface area contributed by atoms with Crippen LogP contribution in [0.15, 0.2) is 12.1 Å². The lowest BCUT2D eigenvalue weighted by Crippen LogP contribution is -2.06. The molecule has 0 radical (unpaired) electrons. The van der Waals surface area contributed by atoms with E-state index in [0.29, 0.717) is 23.7 Å². The van der Waals surface area contributed by atoms with Gasteiger partial charge >= 0.3 is 5.97 Å². The molecule has 0 unspecified atom stereocenters. The predicted octanol–water partition coefficient (Wildman–Crippen LogP) is 2.44. The summed E-state index contributed by atoms with van der Waals surface area (Å²) in [4.78, 5) is 11.6. The molecule has 0 atom stereocenters. The quantitative estimate of drug-likeness (QED) is 0.739. The Morgan fingerprint density at radius 1 is 1.12 bits per heavy atom. The molecule has 0 saturated heterocycles. The summed E-state index contributed by atoms with van der Waals surface area (Å²) in [6.45, 7) is 4.12. The SMILES string of the molecule is CCOC(=O)c1cc(OC)c(CC)c(OC)c1. The van der Waals surface area contributed by atoms with Gasteiger partial charge in [0.1, 0.15) is 11.5 Å². The maximum atomic E-state index is 11.6. The molecule has 0 aromatic heterocycles. The highest BCUT2D eigenvalue weighted by atomic mass is 16.5.